The van der Waals surface area contributed by atoms with Gasteiger partial charge in [0, 0.05) is 4.47 Å². The maximum absolute atomic E-state index is 11.7. The topological polar surface area (TPSA) is 86.5 Å². The zero-order valence-corrected chi connectivity index (χ0v) is 12.5. The van der Waals surface area contributed by atoms with Gasteiger partial charge in [-0.2, -0.15) is 0 Å². The van der Waals surface area contributed by atoms with Crippen molar-refractivity contribution in [1.82, 2.24) is 0 Å². The van der Waals surface area contributed by atoms with Crippen LogP contribution in [0.2, 0.25) is 0 Å². The van der Waals surface area contributed by atoms with Crippen molar-refractivity contribution in [3.63, 3.8) is 0 Å². The molecular formula is C11H14BrNO4S. The maximum atomic E-state index is 11.7. The van der Waals surface area contributed by atoms with E-state index in [1.807, 2.05) is 6.92 Å². The summed E-state index contributed by atoms with van der Waals surface area (Å²) in [4.78, 5) is 11.6. The highest BCUT2D eigenvalue weighted by molar-refractivity contribution is 9.10. The van der Waals surface area contributed by atoms with Gasteiger partial charge in [0.15, 0.2) is 0 Å². The molecule has 1 aromatic rings. The van der Waals surface area contributed by atoms with Gasteiger partial charge in [-0.25, -0.2) is 18.4 Å². The summed E-state index contributed by atoms with van der Waals surface area (Å²) in [5, 5.41) is 5.09. The number of carbonyl (C=O) groups is 1. The van der Waals surface area contributed by atoms with E-state index in [2.05, 4.69) is 15.9 Å². The largest absolute Gasteiger partial charge is 0.462 e. The number of primary sulfonamides is 1. The van der Waals surface area contributed by atoms with Gasteiger partial charge in [0.2, 0.25) is 10.0 Å². The first-order chi connectivity index (χ1) is 8.27. The van der Waals surface area contributed by atoms with Crippen molar-refractivity contribution in [3.05, 3.63) is 27.7 Å². The number of ether oxygens (including phenoxy) is 1. The lowest BCUT2D eigenvalue weighted by Crippen LogP contribution is -2.16. The average molecular weight is 336 g/mol. The standard InChI is InChI=1S/C11H14BrNO4S/c1-3-4-17-11(14)8-5-9(12)7(2)10(6-8)18(13,15)16/h5-6H,3-4H2,1-2H3,(H2,13,15,16). The van der Waals surface area contributed by atoms with Crippen LogP contribution >= 0.6 is 15.9 Å². The summed E-state index contributed by atoms with van der Waals surface area (Å²) in [6, 6.07) is 2.75. The van der Waals surface area contributed by atoms with Gasteiger partial charge in [-0.1, -0.05) is 22.9 Å². The molecule has 18 heavy (non-hydrogen) atoms. The molecule has 0 spiro atoms. The van der Waals surface area contributed by atoms with Gasteiger partial charge in [-0.3, -0.25) is 0 Å². The van der Waals surface area contributed by atoms with E-state index < -0.39 is 16.0 Å². The third-order valence-corrected chi connectivity index (χ3v) is 4.14. The molecule has 0 aromatic heterocycles. The fourth-order valence-corrected chi connectivity index (χ4v) is 2.76. The van der Waals surface area contributed by atoms with E-state index >= 15 is 0 Å². The highest BCUT2D eigenvalue weighted by Gasteiger charge is 2.18. The summed E-state index contributed by atoms with van der Waals surface area (Å²) in [5.74, 6) is -0.567. The molecule has 0 aliphatic carbocycles. The number of esters is 1. The van der Waals surface area contributed by atoms with Crippen LogP contribution in [-0.4, -0.2) is 21.0 Å². The predicted octanol–water partition coefficient (Wildman–Crippen LogP) is 1.97. The van der Waals surface area contributed by atoms with E-state index in [0.717, 1.165) is 0 Å². The molecule has 1 rings (SSSR count). The highest BCUT2D eigenvalue weighted by atomic mass is 79.9. The SMILES string of the molecule is CCCOC(=O)c1cc(Br)c(C)c(S(N)(=O)=O)c1. The van der Waals surface area contributed by atoms with Crippen LogP contribution in [0, 0.1) is 6.92 Å². The number of sulfonamides is 1. The van der Waals surface area contributed by atoms with Crippen molar-refractivity contribution in [2.75, 3.05) is 6.61 Å². The number of nitrogens with two attached hydrogens (primary N) is 1. The van der Waals surface area contributed by atoms with Crippen LogP contribution in [0.3, 0.4) is 0 Å². The number of rotatable bonds is 4. The van der Waals surface area contributed by atoms with E-state index in [1.165, 1.54) is 12.1 Å². The second kappa shape index (κ2) is 5.81. The molecule has 0 bridgehead atoms. The zero-order valence-electron chi connectivity index (χ0n) is 10.1. The lowest BCUT2D eigenvalue weighted by atomic mass is 10.1. The molecule has 0 unspecified atom stereocenters. The van der Waals surface area contributed by atoms with E-state index in [0.29, 0.717) is 16.5 Å². The van der Waals surface area contributed by atoms with Crippen molar-refractivity contribution >= 4 is 31.9 Å². The fourth-order valence-electron chi connectivity index (χ4n) is 1.35. The van der Waals surface area contributed by atoms with Crippen LogP contribution in [0.15, 0.2) is 21.5 Å². The van der Waals surface area contributed by atoms with Crippen LogP contribution in [-0.2, 0) is 14.8 Å². The Labute approximate surface area is 114 Å². The minimum Gasteiger partial charge on any atom is -0.462 e. The molecule has 7 heteroatoms. The van der Waals surface area contributed by atoms with Crippen LogP contribution in [0.5, 0.6) is 0 Å². The van der Waals surface area contributed by atoms with Gasteiger partial charge in [-0.05, 0) is 31.0 Å². The molecule has 0 fully saturated rings. The third-order valence-electron chi connectivity index (χ3n) is 2.28. The lowest BCUT2D eigenvalue weighted by molar-refractivity contribution is 0.0504. The molecule has 1 aromatic carbocycles. The van der Waals surface area contributed by atoms with E-state index in [9.17, 15) is 13.2 Å². The van der Waals surface area contributed by atoms with Gasteiger partial charge < -0.3 is 4.74 Å². The van der Waals surface area contributed by atoms with Gasteiger partial charge in [0.05, 0.1) is 17.1 Å². The maximum Gasteiger partial charge on any atom is 0.338 e. The highest BCUT2D eigenvalue weighted by Crippen LogP contribution is 2.25. The molecule has 0 aliphatic rings. The Morgan fingerprint density at radius 3 is 2.56 bits per heavy atom. The number of hydrogen-bond acceptors (Lipinski definition) is 4. The summed E-state index contributed by atoms with van der Waals surface area (Å²) in [7, 11) is -3.87. The van der Waals surface area contributed by atoms with Crippen LogP contribution in [0.4, 0.5) is 0 Å². The van der Waals surface area contributed by atoms with Crippen LogP contribution < -0.4 is 5.14 Å². The molecule has 0 heterocycles. The molecule has 0 atom stereocenters. The molecule has 0 aliphatic heterocycles. The number of carbonyl (C=O) groups excluding carboxylic acids is 1. The van der Waals surface area contributed by atoms with E-state index in [4.69, 9.17) is 9.88 Å². The molecule has 2 N–H and O–H groups in total. The lowest BCUT2D eigenvalue weighted by Gasteiger charge is -2.09. The second-order valence-corrected chi connectivity index (χ2v) is 6.15. The molecule has 0 saturated heterocycles. The predicted molar refractivity (Wildman–Crippen MR) is 70.8 cm³/mol. The minimum atomic E-state index is -3.87. The first kappa shape index (κ1) is 15.1. The monoisotopic (exact) mass is 335 g/mol. The second-order valence-electron chi connectivity index (χ2n) is 3.76. The minimum absolute atomic E-state index is 0.0830. The number of benzene rings is 1. The quantitative estimate of drug-likeness (QED) is 0.852. The third kappa shape index (κ3) is 3.54. The van der Waals surface area contributed by atoms with E-state index in [-0.39, 0.29) is 17.1 Å². The first-order valence-electron chi connectivity index (χ1n) is 5.27. The molecular weight excluding hydrogens is 322 g/mol. The van der Waals surface area contributed by atoms with Crippen molar-refractivity contribution < 1.29 is 17.9 Å². The molecule has 100 valence electrons. The van der Waals surface area contributed by atoms with Gasteiger partial charge in [-0.15, -0.1) is 0 Å². The fraction of sp³-hybridized carbons (Fsp3) is 0.364. The molecule has 5 nitrogen and oxygen atoms in total. The normalized spacial score (nSPS) is 11.3. The number of hydrogen-bond donors (Lipinski definition) is 1. The summed E-state index contributed by atoms with van der Waals surface area (Å²) in [6.45, 7) is 3.76. The molecule has 0 amide bonds. The Hall–Kier alpha value is -0.920. The number of halogens is 1. The van der Waals surface area contributed by atoms with Gasteiger partial charge in [0.1, 0.15) is 0 Å². The van der Waals surface area contributed by atoms with Crippen LogP contribution in [0.1, 0.15) is 29.3 Å². The average Bonchev–Trinajstić information content (AvgIpc) is 2.27. The van der Waals surface area contributed by atoms with Crippen molar-refractivity contribution in [3.8, 4) is 0 Å². The van der Waals surface area contributed by atoms with Gasteiger partial charge in [0.25, 0.3) is 0 Å². The summed E-state index contributed by atoms with van der Waals surface area (Å²) >= 11 is 3.20. The molecule has 0 saturated carbocycles. The van der Waals surface area contributed by atoms with Gasteiger partial charge >= 0.3 is 5.97 Å². The Bertz CT molecular complexity index is 569. The Kier molecular flexibility index (Phi) is 4.89. The van der Waals surface area contributed by atoms with Crippen molar-refractivity contribution in [2.45, 2.75) is 25.2 Å². The summed E-state index contributed by atoms with van der Waals surface area (Å²) in [6.07, 6.45) is 0.695. The Morgan fingerprint density at radius 2 is 2.06 bits per heavy atom. The van der Waals surface area contributed by atoms with E-state index in [1.54, 1.807) is 6.92 Å². The van der Waals surface area contributed by atoms with Crippen molar-refractivity contribution in [2.24, 2.45) is 5.14 Å². The smallest absolute Gasteiger partial charge is 0.338 e. The molecule has 0 radical (unpaired) electrons. The first-order valence-corrected chi connectivity index (χ1v) is 7.61. The van der Waals surface area contributed by atoms with Crippen molar-refractivity contribution in [1.29, 1.82) is 0 Å². The zero-order chi connectivity index (χ0) is 13.9. The Balaban J connectivity index is 3.25. The Morgan fingerprint density at radius 1 is 1.44 bits per heavy atom. The summed E-state index contributed by atoms with van der Waals surface area (Å²) in [5.41, 5.74) is 0.620. The summed E-state index contributed by atoms with van der Waals surface area (Å²) < 4.78 is 28.2. The van der Waals surface area contributed by atoms with Crippen LogP contribution in [0.25, 0.3) is 0 Å².